The van der Waals surface area contributed by atoms with Gasteiger partial charge in [-0.3, -0.25) is 4.79 Å². The SMILES string of the molecule is N#Cc1ccc(C(=O)NC[C@@H](c2ccco2)[NH+]2CCCC2)cc1. The summed E-state index contributed by atoms with van der Waals surface area (Å²) in [5.41, 5.74) is 1.12. The largest absolute Gasteiger partial charge is 0.463 e. The Morgan fingerprint density at radius 1 is 1.26 bits per heavy atom. The molecule has 0 saturated carbocycles. The maximum absolute atomic E-state index is 12.3. The number of nitrogens with one attached hydrogen (secondary N) is 2. The van der Waals surface area contributed by atoms with Gasteiger partial charge >= 0.3 is 0 Å². The minimum atomic E-state index is -0.121. The van der Waals surface area contributed by atoms with Gasteiger partial charge in [0.2, 0.25) is 0 Å². The van der Waals surface area contributed by atoms with Crippen molar-refractivity contribution in [3.63, 3.8) is 0 Å². The van der Waals surface area contributed by atoms with Crippen molar-refractivity contribution in [2.45, 2.75) is 18.9 Å². The first-order valence-corrected chi connectivity index (χ1v) is 7.94. The lowest BCUT2D eigenvalue weighted by Gasteiger charge is -2.23. The molecule has 0 radical (unpaired) electrons. The third kappa shape index (κ3) is 3.61. The van der Waals surface area contributed by atoms with Crippen molar-refractivity contribution in [1.29, 1.82) is 5.26 Å². The molecule has 1 aliphatic heterocycles. The Morgan fingerprint density at radius 2 is 2.00 bits per heavy atom. The van der Waals surface area contributed by atoms with E-state index in [-0.39, 0.29) is 11.9 Å². The van der Waals surface area contributed by atoms with Gasteiger partial charge < -0.3 is 14.6 Å². The fourth-order valence-electron chi connectivity index (χ4n) is 3.11. The Kier molecular flexibility index (Phi) is 4.74. The first-order valence-electron chi connectivity index (χ1n) is 7.94. The quantitative estimate of drug-likeness (QED) is 0.874. The summed E-state index contributed by atoms with van der Waals surface area (Å²) in [5.74, 6) is 0.798. The van der Waals surface area contributed by atoms with Gasteiger partial charge in [-0.1, -0.05) is 0 Å². The second-order valence-corrected chi connectivity index (χ2v) is 5.83. The van der Waals surface area contributed by atoms with Crippen molar-refractivity contribution in [3.8, 4) is 6.07 Å². The smallest absolute Gasteiger partial charge is 0.251 e. The molecule has 1 saturated heterocycles. The molecule has 0 aliphatic carbocycles. The van der Waals surface area contributed by atoms with Crippen molar-refractivity contribution in [2.75, 3.05) is 19.6 Å². The molecule has 0 unspecified atom stereocenters. The van der Waals surface area contributed by atoms with Crippen LogP contribution in [0.15, 0.2) is 47.1 Å². The Morgan fingerprint density at radius 3 is 2.61 bits per heavy atom. The molecule has 5 heteroatoms. The van der Waals surface area contributed by atoms with E-state index in [0.717, 1.165) is 18.8 Å². The summed E-state index contributed by atoms with van der Waals surface area (Å²) < 4.78 is 5.57. The second-order valence-electron chi connectivity index (χ2n) is 5.83. The molecule has 0 bridgehead atoms. The topological polar surface area (TPSA) is 70.5 Å². The van der Waals surface area contributed by atoms with E-state index >= 15 is 0 Å². The maximum Gasteiger partial charge on any atom is 0.251 e. The molecule has 2 aromatic rings. The molecule has 1 atom stereocenters. The molecule has 23 heavy (non-hydrogen) atoms. The number of carbonyl (C=O) groups excluding carboxylic acids is 1. The minimum Gasteiger partial charge on any atom is -0.463 e. The molecule has 5 nitrogen and oxygen atoms in total. The summed E-state index contributed by atoms with van der Waals surface area (Å²) in [7, 11) is 0. The monoisotopic (exact) mass is 310 g/mol. The van der Waals surface area contributed by atoms with E-state index in [0.29, 0.717) is 17.7 Å². The highest BCUT2D eigenvalue weighted by atomic mass is 16.3. The average Bonchev–Trinajstić information content (AvgIpc) is 3.29. The lowest BCUT2D eigenvalue weighted by atomic mass is 10.1. The zero-order valence-corrected chi connectivity index (χ0v) is 12.9. The van der Waals surface area contributed by atoms with Crippen molar-refractivity contribution in [1.82, 2.24) is 5.32 Å². The Hall–Kier alpha value is -2.58. The number of hydrogen-bond donors (Lipinski definition) is 2. The van der Waals surface area contributed by atoms with Gasteiger partial charge in [0.1, 0.15) is 0 Å². The van der Waals surface area contributed by atoms with Gasteiger partial charge in [-0.15, -0.1) is 0 Å². The van der Waals surface area contributed by atoms with E-state index in [1.54, 1.807) is 30.5 Å². The molecule has 0 spiro atoms. The van der Waals surface area contributed by atoms with Crippen LogP contribution in [0.5, 0.6) is 0 Å². The number of quaternary nitrogens is 1. The van der Waals surface area contributed by atoms with Crippen LogP contribution in [0.1, 0.15) is 40.6 Å². The van der Waals surface area contributed by atoms with Gasteiger partial charge in [0.05, 0.1) is 37.5 Å². The lowest BCUT2D eigenvalue weighted by Crippen LogP contribution is -3.11. The molecule has 1 aromatic carbocycles. The predicted octanol–water partition coefficient (Wildman–Crippen LogP) is 1.30. The van der Waals surface area contributed by atoms with E-state index < -0.39 is 0 Å². The first-order chi connectivity index (χ1) is 11.3. The van der Waals surface area contributed by atoms with Crippen molar-refractivity contribution in [3.05, 3.63) is 59.5 Å². The Bertz CT molecular complexity index is 680. The molecule has 1 amide bonds. The van der Waals surface area contributed by atoms with Gasteiger partial charge in [-0.2, -0.15) is 5.26 Å². The summed E-state index contributed by atoms with van der Waals surface area (Å²) in [6, 6.07) is 12.7. The number of benzene rings is 1. The fraction of sp³-hybridized carbons (Fsp3) is 0.333. The summed E-state index contributed by atoms with van der Waals surface area (Å²) in [6.07, 6.45) is 4.12. The van der Waals surface area contributed by atoms with Crippen LogP contribution >= 0.6 is 0 Å². The molecular weight excluding hydrogens is 290 g/mol. The van der Waals surface area contributed by atoms with Crippen LogP contribution in [-0.4, -0.2) is 25.5 Å². The molecule has 1 aromatic heterocycles. The number of hydrogen-bond acceptors (Lipinski definition) is 3. The number of nitriles is 1. The van der Waals surface area contributed by atoms with Crippen LogP contribution in [0.3, 0.4) is 0 Å². The number of amides is 1. The average molecular weight is 310 g/mol. The maximum atomic E-state index is 12.3. The molecule has 118 valence electrons. The number of carbonyl (C=O) groups is 1. The number of furan rings is 1. The van der Waals surface area contributed by atoms with Crippen molar-refractivity contribution >= 4 is 5.91 Å². The summed E-state index contributed by atoms with van der Waals surface area (Å²) in [5, 5.41) is 11.8. The van der Waals surface area contributed by atoms with Gasteiger partial charge in [-0.25, -0.2) is 0 Å². The van der Waals surface area contributed by atoms with Crippen LogP contribution < -0.4 is 10.2 Å². The zero-order valence-electron chi connectivity index (χ0n) is 12.9. The Balaban J connectivity index is 1.66. The van der Waals surface area contributed by atoms with Gasteiger partial charge in [0, 0.05) is 18.4 Å². The molecule has 1 aliphatic rings. The number of nitrogens with zero attached hydrogens (tertiary/aromatic N) is 1. The van der Waals surface area contributed by atoms with Crippen molar-refractivity contribution in [2.24, 2.45) is 0 Å². The third-order valence-corrected chi connectivity index (χ3v) is 4.37. The molecule has 2 heterocycles. The molecular formula is C18H20N3O2+. The highest BCUT2D eigenvalue weighted by molar-refractivity contribution is 5.94. The summed E-state index contributed by atoms with van der Waals surface area (Å²) in [4.78, 5) is 13.8. The highest BCUT2D eigenvalue weighted by Crippen LogP contribution is 2.12. The molecule has 1 fully saturated rings. The lowest BCUT2D eigenvalue weighted by molar-refractivity contribution is -0.919. The molecule has 3 rings (SSSR count). The summed E-state index contributed by atoms with van der Waals surface area (Å²) in [6.45, 7) is 2.76. The fourth-order valence-corrected chi connectivity index (χ4v) is 3.11. The van der Waals surface area contributed by atoms with Crippen LogP contribution in [0.4, 0.5) is 0 Å². The van der Waals surface area contributed by atoms with Gasteiger partial charge in [0.25, 0.3) is 5.91 Å². The van der Waals surface area contributed by atoms with Crippen LogP contribution in [0.25, 0.3) is 0 Å². The van der Waals surface area contributed by atoms with Crippen LogP contribution in [0, 0.1) is 11.3 Å². The van der Waals surface area contributed by atoms with E-state index in [9.17, 15) is 4.79 Å². The van der Waals surface area contributed by atoms with E-state index in [4.69, 9.17) is 9.68 Å². The standard InChI is InChI=1S/C18H19N3O2/c19-12-14-5-7-15(8-6-14)18(22)20-13-16(17-4-3-11-23-17)21-9-1-2-10-21/h3-8,11,16H,1-2,9-10,13H2,(H,20,22)/p+1/t16-/m0/s1. The summed E-state index contributed by atoms with van der Waals surface area (Å²) >= 11 is 0. The van der Waals surface area contributed by atoms with Crippen LogP contribution in [0.2, 0.25) is 0 Å². The van der Waals surface area contributed by atoms with E-state index in [2.05, 4.69) is 11.4 Å². The second kappa shape index (κ2) is 7.12. The van der Waals surface area contributed by atoms with E-state index in [1.165, 1.54) is 17.7 Å². The zero-order chi connectivity index (χ0) is 16.1. The van der Waals surface area contributed by atoms with Crippen molar-refractivity contribution < 1.29 is 14.1 Å². The third-order valence-electron chi connectivity index (χ3n) is 4.37. The highest BCUT2D eigenvalue weighted by Gasteiger charge is 2.29. The Labute approximate surface area is 135 Å². The van der Waals surface area contributed by atoms with Gasteiger partial charge in [-0.05, 0) is 36.4 Å². The van der Waals surface area contributed by atoms with Gasteiger partial charge in [0.15, 0.2) is 11.8 Å². The predicted molar refractivity (Wildman–Crippen MR) is 84.9 cm³/mol. The van der Waals surface area contributed by atoms with E-state index in [1.807, 2.05) is 12.1 Å². The van der Waals surface area contributed by atoms with Crippen LogP contribution in [-0.2, 0) is 0 Å². The molecule has 2 N–H and O–H groups in total. The first kappa shape index (κ1) is 15.3. The normalized spacial score (nSPS) is 16.0. The number of rotatable bonds is 5. The number of likely N-dealkylation sites (tertiary alicyclic amines) is 1. The minimum absolute atomic E-state index is 0.121.